The van der Waals surface area contributed by atoms with Crippen LogP contribution in [0.25, 0.3) is 10.9 Å². The van der Waals surface area contributed by atoms with Gasteiger partial charge in [-0.2, -0.15) is 0 Å². The second kappa shape index (κ2) is 4.74. The molecule has 0 radical (unpaired) electrons. The molecular weight excluding hydrogens is 210 g/mol. The fourth-order valence-corrected chi connectivity index (χ4v) is 2.26. The minimum atomic E-state index is 0.0762. The van der Waals surface area contributed by atoms with E-state index >= 15 is 0 Å². The lowest BCUT2D eigenvalue weighted by Gasteiger charge is -2.09. The number of aromatic amines is 1. The zero-order valence-corrected chi connectivity index (χ0v) is 10.8. The van der Waals surface area contributed by atoms with Crippen molar-refractivity contribution in [3.63, 3.8) is 0 Å². The second-order valence-corrected chi connectivity index (χ2v) is 4.71. The topological polar surface area (TPSA) is 32.9 Å². The van der Waals surface area contributed by atoms with E-state index in [-0.39, 0.29) is 5.56 Å². The van der Waals surface area contributed by atoms with Gasteiger partial charge < -0.3 is 4.98 Å². The fraction of sp³-hybridized carbons (Fsp3) is 0.400. The molecule has 0 fully saturated rings. The summed E-state index contributed by atoms with van der Waals surface area (Å²) in [6, 6.07) is 6.17. The van der Waals surface area contributed by atoms with Crippen molar-refractivity contribution in [2.75, 3.05) is 0 Å². The molecule has 0 unspecified atom stereocenters. The lowest BCUT2D eigenvalue weighted by atomic mass is 9.99. The molecule has 90 valence electrons. The average Bonchev–Trinajstić information content (AvgIpc) is 2.30. The number of H-pyrrole nitrogens is 1. The fourth-order valence-electron chi connectivity index (χ4n) is 2.26. The van der Waals surface area contributed by atoms with Crippen LogP contribution in [0.3, 0.4) is 0 Å². The molecule has 1 heterocycles. The van der Waals surface area contributed by atoms with Gasteiger partial charge in [0.05, 0.1) is 0 Å². The first-order valence-corrected chi connectivity index (χ1v) is 6.25. The van der Waals surface area contributed by atoms with E-state index in [0.717, 1.165) is 35.9 Å². The molecule has 2 aromatic rings. The summed E-state index contributed by atoms with van der Waals surface area (Å²) in [5.41, 5.74) is 4.34. The summed E-state index contributed by atoms with van der Waals surface area (Å²) in [6.07, 6.45) is 3.06. The van der Waals surface area contributed by atoms with Crippen LogP contribution in [-0.2, 0) is 6.42 Å². The van der Waals surface area contributed by atoms with Gasteiger partial charge in [-0.3, -0.25) is 4.79 Å². The highest BCUT2D eigenvalue weighted by Crippen LogP contribution is 2.19. The standard InChI is InChI=1S/C15H19NO/c1-4-5-6-12-11(3)13-9-10(2)7-8-14(13)16-15(12)17/h7-9H,4-6H2,1-3H3,(H,16,17). The number of nitrogens with one attached hydrogen (secondary N) is 1. The van der Waals surface area contributed by atoms with E-state index in [4.69, 9.17) is 0 Å². The van der Waals surface area contributed by atoms with Crippen LogP contribution in [0, 0.1) is 13.8 Å². The molecule has 0 aliphatic heterocycles. The number of hydrogen-bond donors (Lipinski definition) is 1. The molecule has 0 aliphatic carbocycles. The van der Waals surface area contributed by atoms with Crippen LogP contribution < -0.4 is 5.56 Å². The van der Waals surface area contributed by atoms with Gasteiger partial charge in [0.2, 0.25) is 0 Å². The molecule has 2 nitrogen and oxygen atoms in total. The monoisotopic (exact) mass is 229 g/mol. The quantitative estimate of drug-likeness (QED) is 0.858. The number of hydrogen-bond acceptors (Lipinski definition) is 1. The van der Waals surface area contributed by atoms with Crippen LogP contribution in [0.5, 0.6) is 0 Å². The van der Waals surface area contributed by atoms with Crippen molar-refractivity contribution < 1.29 is 0 Å². The maximum Gasteiger partial charge on any atom is 0.251 e. The number of rotatable bonds is 3. The van der Waals surface area contributed by atoms with Crippen molar-refractivity contribution in [3.8, 4) is 0 Å². The van der Waals surface area contributed by atoms with E-state index in [0.29, 0.717) is 0 Å². The Bertz CT molecular complexity index is 596. The Morgan fingerprint density at radius 2 is 2.00 bits per heavy atom. The van der Waals surface area contributed by atoms with Crippen molar-refractivity contribution in [2.24, 2.45) is 0 Å². The highest BCUT2D eigenvalue weighted by molar-refractivity contribution is 5.83. The predicted molar refractivity (Wildman–Crippen MR) is 72.7 cm³/mol. The van der Waals surface area contributed by atoms with E-state index in [2.05, 4.69) is 31.8 Å². The van der Waals surface area contributed by atoms with E-state index < -0.39 is 0 Å². The third-order valence-corrected chi connectivity index (χ3v) is 3.33. The van der Waals surface area contributed by atoms with Gasteiger partial charge in [0.1, 0.15) is 0 Å². The molecule has 2 heteroatoms. The molecular formula is C15H19NO. The van der Waals surface area contributed by atoms with Crippen molar-refractivity contribution >= 4 is 10.9 Å². The molecule has 1 aromatic heterocycles. The normalized spacial score (nSPS) is 11.0. The maximum atomic E-state index is 12.0. The van der Waals surface area contributed by atoms with E-state index in [9.17, 15) is 4.79 Å². The van der Waals surface area contributed by atoms with Gasteiger partial charge in [0.15, 0.2) is 0 Å². The minimum Gasteiger partial charge on any atom is -0.322 e. The Morgan fingerprint density at radius 1 is 1.24 bits per heavy atom. The zero-order valence-electron chi connectivity index (χ0n) is 10.8. The Labute approximate surface area is 102 Å². The van der Waals surface area contributed by atoms with Gasteiger partial charge in [-0.1, -0.05) is 25.0 Å². The van der Waals surface area contributed by atoms with Gasteiger partial charge >= 0.3 is 0 Å². The molecule has 0 atom stereocenters. The third-order valence-electron chi connectivity index (χ3n) is 3.33. The highest BCUT2D eigenvalue weighted by Gasteiger charge is 2.08. The van der Waals surface area contributed by atoms with E-state index in [1.54, 1.807) is 0 Å². The number of aryl methyl sites for hydroxylation is 2. The Morgan fingerprint density at radius 3 is 2.71 bits per heavy atom. The van der Waals surface area contributed by atoms with E-state index in [1.807, 2.05) is 12.1 Å². The number of unbranched alkanes of at least 4 members (excludes halogenated alkanes) is 1. The molecule has 0 spiro atoms. The molecule has 1 aromatic carbocycles. The van der Waals surface area contributed by atoms with Crippen LogP contribution in [0.1, 0.15) is 36.5 Å². The predicted octanol–water partition coefficient (Wildman–Crippen LogP) is 3.49. The van der Waals surface area contributed by atoms with Gasteiger partial charge in [0, 0.05) is 16.5 Å². The van der Waals surface area contributed by atoms with Gasteiger partial charge in [-0.15, -0.1) is 0 Å². The largest absolute Gasteiger partial charge is 0.322 e. The Balaban J connectivity index is 2.65. The molecule has 2 rings (SSSR count). The van der Waals surface area contributed by atoms with Crippen LogP contribution in [0.4, 0.5) is 0 Å². The average molecular weight is 229 g/mol. The van der Waals surface area contributed by atoms with E-state index in [1.165, 1.54) is 10.9 Å². The number of benzene rings is 1. The summed E-state index contributed by atoms with van der Waals surface area (Å²) in [7, 11) is 0. The van der Waals surface area contributed by atoms with Crippen LogP contribution >= 0.6 is 0 Å². The first-order chi connectivity index (χ1) is 8.13. The number of aromatic nitrogens is 1. The lowest BCUT2D eigenvalue weighted by Crippen LogP contribution is -2.15. The van der Waals surface area contributed by atoms with Crippen molar-refractivity contribution in [1.82, 2.24) is 4.98 Å². The van der Waals surface area contributed by atoms with Crippen LogP contribution in [-0.4, -0.2) is 4.98 Å². The Kier molecular flexibility index (Phi) is 3.32. The summed E-state index contributed by atoms with van der Waals surface area (Å²) >= 11 is 0. The molecule has 0 saturated heterocycles. The van der Waals surface area contributed by atoms with Crippen LogP contribution in [0.15, 0.2) is 23.0 Å². The lowest BCUT2D eigenvalue weighted by molar-refractivity contribution is 0.784. The highest BCUT2D eigenvalue weighted by atomic mass is 16.1. The smallest absolute Gasteiger partial charge is 0.251 e. The number of fused-ring (bicyclic) bond motifs is 1. The first-order valence-electron chi connectivity index (χ1n) is 6.25. The van der Waals surface area contributed by atoms with Gasteiger partial charge in [-0.25, -0.2) is 0 Å². The molecule has 0 bridgehead atoms. The Hall–Kier alpha value is -1.57. The van der Waals surface area contributed by atoms with Gasteiger partial charge in [-0.05, 0) is 44.4 Å². The summed E-state index contributed by atoms with van der Waals surface area (Å²) < 4.78 is 0. The third kappa shape index (κ3) is 2.26. The summed E-state index contributed by atoms with van der Waals surface area (Å²) in [5, 5.41) is 1.18. The van der Waals surface area contributed by atoms with Crippen LogP contribution in [0.2, 0.25) is 0 Å². The summed E-state index contributed by atoms with van der Waals surface area (Å²) in [5.74, 6) is 0. The maximum absolute atomic E-state index is 12.0. The second-order valence-electron chi connectivity index (χ2n) is 4.71. The van der Waals surface area contributed by atoms with Crippen molar-refractivity contribution in [3.05, 3.63) is 45.2 Å². The van der Waals surface area contributed by atoms with Gasteiger partial charge in [0.25, 0.3) is 5.56 Å². The molecule has 0 saturated carbocycles. The zero-order chi connectivity index (χ0) is 12.4. The molecule has 17 heavy (non-hydrogen) atoms. The van der Waals surface area contributed by atoms with Crippen molar-refractivity contribution in [1.29, 1.82) is 0 Å². The summed E-state index contributed by atoms with van der Waals surface area (Å²) in [4.78, 5) is 15.0. The molecule has 0 aliphatic rings. The minimum absolute atomic E-state index is 0.0762. The molecule has 0 amide bonds. The number of pyridine rings is 1. The summed E-state index contributed by atoms with van der Waals surface area (Å²) in [6.45, 7) is 6.28. The SMILES string of the molecule is CCCCc1c(C)c2cc(C)ccc2[nH]c1=O. The first kappa shape index (κ1) is 11.9. The van der Waals surface area contributed by atoms with Crippen molar-refractivity contribution in [2.45, 2.75) is 40.0 Å². The molecule has 1 N–H and O–H groups in total.